The monoisotopic (exact) mass is 276 g/mol. The quantitative estimate of drug-likeness (QED) is 0.914. The zero-order valence-electron chi connectivity index (χ0n) is 13.4. The Labute approximate surface area is 123 Å². The Kier molecular flexibility index (Phi) is 5.06. The number of hydrogen-bond donors (Lipinski definition) is 1. The normalized spacial score (nSPS) is 23.4. The molecule has 0 spiro atoms. The van der Waals surface area contributed by atoms with Gasteiger partial charge in [0.15, 0.2) is 0 Å². The lowest BCUT2D eigenvalue weighted by Gasteiger charge is -2.37. The zero-order chi connectivity index (χ0) is 14.7. The summed E-state index contributed by atoms with van der Waals surface area (Å²) in [5.41, 5.74) is 4.06. The lowest BCUT2D eigenvalue weighted by molar-refractivity contribution is -0.00524. The minimum Gasteiger partial charge on any atom is -0.372 e. The second-order valence-corrected chi connectivity index (χ2v) is 6.32. The maximum atomic E-state index is 5.81. The van der Waals surface area contributed by atoms with Gasteiger partial charge in [-0.05, 0) is 38.0 Å². The third kappa shape index (κ3) is 3.97. The van der Waals surface area contributed by atoms with Crippen LogP contribution in [0.2, 0.25) is 0 Å². The van der Waals surface area contributed by atoms with Crippen molar-refractivity contribution in [1.29, 1.82) is 0 Å². The Bertz CT molecular complexity index is 435. The minimum absolute atomic E-state index is 0.306. The molecule has 0 unspecified atom stereocenters. The molecule has 0 bridgehead atoms. The summed E-state index contributed by atoms with van der Waals surface area (Å²) in [5, 5.41) is 3.47. The number of hydrogen-bond acceptors (Lipinski definition) is 3. The van der Waals surface area contributed by atoms with Crippen molar-refractivity contribution in [3.63, 3.8) is 0 Å². The third-order valence-electron chi connectivity index (χ3n) is 3.74. The largest absolute Gasteiger partial charge is 0.372 e. The lowest BCUT2D eigenvalue weighted by atomic mass is 10.1. The van der Waals surface area contributed by atoms with E-state index < -0.39 is 0 Å². The van der Waals surface area contributed by atoms with Crippen molar-refractivity contribution < 1.29 is 4.74 Å². The number of ether oxygens (including phenoxy) is 1. The van der Waals surface area contributed by atoms with Crippen molar-refractivity contribution in [3.8, 4) is 0 Å². The molecule has 1 aliphatic heterocycles. The van der Waals surface area contributed by atoms with Crippen LogP contribution in [0.3, 0.4) is 0 Å². The number of rotatable bonds is 4. The van der Waals surface area contributed by atoms with E-state index in [1.807, 2.05) is 0 Å². The van der Waals surface area contributed by atoms with Gasteiger partial charge in [-0.15, -0.1) is 0 Å². The Balaban J connectivity index is 2.09. The molecular weight excluding hydrogens is 248 g/mol. The maximum absolute atomic E-state index is 5.81. The van der Waals surface area contributed by atoms with Gasteiger partial charge in [0.2, 0.25) is 0 Å². The Morgan fingerprint density at radius 3 is 2.45 bits per heavy atom. The maximum Gasteiger partial charge on any atom is 0.0726 e. The van der Waals surface area contributed by atoms with Crippen LogP contribution < -0.4 is 10.2 Å². The average molecular weight is 276 g/mol. The molecule has 112 valence electrons. The van der Waals surface area contributed by atoms with E-state index in [0.29, 0.717) is 18.2 Å². The highest BCUT2D eigenvalue weighted by Gasteiger charge is 2.23. The molecule has 0 aliphatic carbocycles. The molecule has 0 amide bonds. The second kappa shape index (κ2) is 6.59. The summed E-state index contributed by atoms with van der Waals surface area (Å²) in [6.45, 7) is 13.8. The first kappa shape index (κ1) is 15.3. The van der Waals surface area contributed by atoms with Crippen LogP contribution in [0.1, 0.15) is 38.8 Å². The molecule has 3 heteroatoms. The van der Waals surface area contributed by atoms with Gasteiger partial charge in [-0.2, -0.15) is 0 Å². The fourth-order valence-electron chi connectivity index (χ4n) is 2.88. The van der Waals surface area contributed by atoms with Crippen molar-refractivity contribution in [1.82, 2.24) is 5.32 Å². The number of benzene rings is 1. The predicted octanol–water partition coefficient (Wildman–Crippen LogP) is 3.11. The van der Waals surface area contributed by atoms with Crippen LogP contribution in [0.15, 0.2) is 18.2 Å². The van der Waals surface area contributed by atoms with Gasteiger partial charge in [0.25, 0.3) is 0 Å². The Hall–Kier alpha value is -1.06. The van der Waals surface area contributed by atoms with E-state index in [9.17, 15) is 0 Å². The van der Waals surface area contributed by atoms with Gasteiger partial charge in [0.1, 0.15) is 0 Å². The first-order chi connectivity index (χ1) is 9.45. The van der Waals surface area contributed by atoms with Gasteiger partial charge in [-0.25, -0.2) is 0 Å². The summed E-state index contributed by atoms with van der Waals surface area (Å²) in [6, 6.07) is 7.33. The summed E-state index contributed by atoms with van der Waals surface area (Å²) in [5.74, 6) is 0. The molecule has 1 saturated heterocycles. The van der Waals surface area contributed by atoms with Crippen molar-refractivity contribution in [2.45, 2.75) is 59.4 Å². The molecule has 3 nitrogen and oxygen atoms in total. The zero-order valence-corrected chi connectivity index (χ0v) is 13.4. The van der Waals surface area contributed by atoms with Crippen LogP contribution in [-0.2, 0) is 11.3 Å². The standard InChI is InChI=1S/C17H28N2O/c1-12(2)18-9-16-6-7-17(13(3)8-16)19-10-14(4)20-15(5)11-19/h6-8,12,14-15,18H,9-11H2,1-5H3/t14-,15+. The molecule has 1 aliphatic rings. The van der Waals surface area contributed by atoms with Crippen molar-refractivity contribution in [2.24, 2.45) is 0 Å². The van der Waals surface area contributed by atoms with Crippen molar-refractivity contribution in [2.75, 3.05) is 18.0 Å². The predicted molar refractivity (Wildman–Crippen MR) is 85.4 cm³/mol. The van der Waals surface area contributed by atoms with Crippen LogP contribution in [0.25, 0.3) is 0 Å². The van der Waals surface area contributed by atoms with Gasteiger partial charge < -0.3 is 15.0 Å². The highest BCUT2D eigenvalue weighted by molar-refractivity contribution is 5.55. The molecular formula is C17H28N2O. The van der Waals surface area contributed by atoms with Gasteiger partial charge >= 0.3 is 0 Å². The molecule has 0 saturated carbocycles. The van der Waals surface area contributed by atoms with Gasteiger partial charge in [-0.1, -0.05) is 26.0 Å². The number of nitrogens with zero attached hydrogens (tertiary/aromatic N) is 1. The van der Waals surface area contributed by atoms with Crippen molar-refractivity contribution in [3.05, 3.63) is 29.3 Å². The molecule has 1 heterocycles. The summed E-state index contributed by atoms with van der Waals surface area (Å²) < 4.78 is 5.81. The van der Waals surface area contributed by atoms with E-state index in [1.54, 1.807) is 0 Å². The molecule has 1 N–H and O–H groups in total. The molecule has 1 aromatic rings. The van der Waals surface area contributed by atoms with Crippen LogP contribution >= 0.6 is 0 Å². The summed E-state index contributed by atoms with van der Waals surface area (Å²) in [7, 11) is 0. The van der Waals surface area contributed by atoms with Gasteiger partial charge in [0, 0.05) is 31.4 Å². The van der Waals surface area contributed by atoms with Crippen LogP contribution in [0.5, 0.6) is 0 Å². The lowest BCUT2D eigenvalue weighted by Crippen LogP contribution is -2.45. The van der Waals surface area contributed by atoms with E-state index in [2.05, 4.69) is 63.0 Å². The highest BCUT2D eigenvalue weighted by atomic mass is 16.5. The van der Waals surface area contributed by atoms with Crippen LogP contribution in [0.4, 0.5) is 5.69 Å². The fourth-order valence-corrected chi connectivity index (χ4v) is 2.88. The van der Waals surface area contributed by atoms with E-state index in [-0.39, 0.29) is 0 Å². The molecule has 2 atom stereocenters. The number of anilines is 1. The van der Waals surface area contributed by atoms with Crippen molar-refractivity contribution >= 4 is 5.69 Å². The Morgan fingerprint density at radius 2 is 1.90 bits per heavy atom. The first-order valence-corrected chi connectivity index (χ1v) is 7.69. The molecule has 0 aromatic heterocycles. The topological polar surface area (TPSA) is 24.5 Å². The summed E-state index contributed by atoms with van der Waals surface area (Å²) >= 11 is 0. The fraction of sp³-hybridized carbons (Fsp3) is 0.647. The number of morpholine rings is 1. The molecule has 20 heavy (non-hydrogen) atoms. The first-order valence-electron chi connectivity index (χ1n) is 7.69. The molecule has 1 aromatic carbocycles. The Morgan fingerprint density at radius 1 is 1.25 bits per heavy atom. The van der Waals surface area contributed by atoms with Crippen LogP contribution in [-0.4, -0.2) is 31.3 Å². The van der Waals surface area contributed by atoms with E-state index in [4.69, 9.17) is 4.74 Å². The smallest absolute Gasteiger partial charge is 0.0726 e. The molecule has 0 radical (unpaired) electrons. The SMILES string of the molecule is Cc1cc(CNC(C)C)ccc1N1C[C@@H](C)O[C@@H](C)C1. The second-order valence-electron chi connectivity index (χ2n) is 6.32. The molecule has 1 fully saturated rings. The molecule has 2 rings (SSSR count). The van der Waals surface area contributed by atoms with Gasteiger partial charge in [-0.3, -0.25) is 0 Å². The summed E-state index contributed by atoms with van der Waals surface area (Å²) in [4.78, 5) is 2.45. The van der Waals surface area contributed by atoms with E-state index >= 15 is 0 Å². The third-order valence-corrected chi connectivity index (χ3v) is 3.74. The number of nitrogens with one attached hydrogen (secondary N) is 1. The van der Waals surface area contributed by atoms with E-state index in [0.717, 1.165) is 19.6 Å². The highest BCUT2D eigenvalue weighted by Crippen LogP contribution is 2.25. The number of aryl methyl sites for hydroxylation is 1. The summed E-state index contributed by atoms with van der Waals surface area (Å²) in [6.07, 6.45) is 0.612. The van der Waals surface area contributed by atoms with Gasteiger partial charge in [0.05, 0.1) is 12.2 Å². The van der Waals surface area contributed by atoms with E-state index in [1.165, 1.54) is 16.8 Å². The minimum atomic E-state index is 0.306. The van der Waals surface area contributed by atoms with Crippen LogP contribution in [0, 0.1) is 6.92 Å². The average Bonchev–Trinajstić information content (AvgIpc) is 2.35.